The lowest BCUT2D eigenvalue weighted by molar-refractivity contribution is 0.0999. The molecule has 6 nitrogen and oxygen atoms in total. The molecule has 1 rings (SSSR count). The average Bonchev–Trinajstić information content (AvgIpc) is 2.14. The summed E-state index contributed by atoms with van der Waals surface area (Å²) in [6.45, 7) is 0. The van der Waals surface area contributed by atoms with Crippen LogP contribution in [0.2, 0.25) is 15.1 Å². The Hall–Kier alpha value is -1.50. The molecule has 6 N–H and O–H groups in total. The van der Waals surface area contributed by atoms with E-state index in [1.807, 2.05) is 0 Å². The largest absolute Gasteiger partial charge is 0.366 e. The minimum atomic E-state index is -1.05. The van der Waals surface area contributed by atoms with Gasteiger partial charge in [-0.3, -0.25) is 14.4 Å². The molecule has 0 saturated carbocycles. The van der Waals surface area contributed by atoms with Gasteiger partial charge in [0.1, 0.15) is 0 Å². The summed E-state index contributed by atoms with van der Waals surface area (Å²) in [6.07, 6.45) is 0. The van der Waals surface area contributed by atoms with E-state index in [-0.39, 0.29) is 0 Å². The fourth-order valence-electron chi connectivity index (χ4n) is 1.31. The Kier molecular flexibility index (Phi) is 4.05. The summed E-state index contributed by atoms with van der Waals surface area (Å²) < 4.78 is 0. The van der Waals surface area contributed by atoms with Crippen LogP contribution in [0.3, 0.4) is 0 Å². The summed E-state index contributed by atoms with van der Waals surface area (Å²) in [6, 6.07) is 0. The van der Waals surface area contributed by atoms with Gasteiger partial charge in [-0.2, -0.15) is 0 Å². The van der Waals surface area contributed by atoms with Crippen molar-refractivity contribution >= 4 is 52.5 Å². The van der Waals surface area contributed by atoms with Crippen LogP contribution in [-0.4, -0.2) is 17.7 Å². The topological polar surface area (TPSA) is 129 Å². The van der Waals surface area contributed by atoms with Crippen LogP contribution < -0.4 is 17.2 Å². The number of halogens is 3. The minimum absolute atomic E-state index is 0.421. The van der Waals surface area contributed by atoms with Crippen LogP contribution >= 0.6 is 34.8 Å². The van der Waals surface area contributed by atoms with Crippen molar-refractivity contribution < 1.29 is 14.4 Å². The normalized spacial score (nSPS) is 10.2. The van der Waals surface area contributed by atoms with Crippen molar-refractivity contribution in [2.24, 2.45) is 17.2 Å². The second-order valence-electron chi connectivity index (χ2n) is 3.16. The molecule has 9 heteroatoms. The van der Waals surface area contributed by atoms with E-state index in [1.54, 1.807) is 0 Å². The van der Waals surface area contributed by atoms with E-state index in [0.29, 0.717) is 0 Å². The molecule has 1 aromatic carbocycles. The Morgan fingerprint density at radius 3 is 0.889 bits per heavy atom. The van der Waals surface area contributed by atoms with Crippen LogP contribution in [0, 0.1) is 0 Å². The van der Waals surface area contributed by atoms with E-state index >= 15 is 0 Å². The number of primary amides is 3. The van der Waals surface area contributed by atoms with E-state index in [2.05, 4.69) is 0 Å². The Labute approximate surface area is 116 Å². The highest BCUT2D eigenvalue weighted by atomic mass is 35.5. The van der Waals surface area contributed by atoms with Gasteiger partial charge in [-0.05, 0) is 0 Å². The maximum atomic E-state index is 11.2. The number of carbonyl (C=O) groups excluding carboxylic acids is 3. The van der Waals surface area contributed by atoms with Gasteiger partial charge >= 0.3 is 0 Å². The molecule has 96 valence electrons. The molecule has 1 aromatic rings. The number of nitrogens with two attached hydrogens (primary N) is 3. The first-order chi connectivity index (χ1) is 8.20. The molecule has 0 fully saturated rings. The lowest BCUT2D eigenvalue weighted by atomic mass is 10.0. The second-order valence-corrected chi connectivity index (χ2v) is 4.29. The molecule has 3 amide bonds. The molecule has 0 unspecified atom stereocenters. The second kappa shape index (κ2) is 5.01. The molecule has 0 aliphatic carbocycles. The van der Waals surface area contributed by atoms with Gasteiger partial charge in [-0.25, -0.2) is 0 Å². The summed E-state index contributed by atoms with van der Waals surface area (Å²) in [5.41, 5.74) is 13.8. The van der Waals surface area contributed by atoms with E-state index in [4.69, 9.17) is 52.0 Å². The quantitative estimate of drug-likeness (QED) is 0.768. The zero-order valence-electron chi connectivity index (χ0n) is 8.59. The summed E-state index contributed by atoms with van der Waals surface area (Å²) in [5, 5.41) is -1.26. The third kappa shape index (κ3) is 2.22. The van der Waals surface area contributed by atoms with Crippen molar-refractivity contribution in [1.29, 1.82) is 0 Å². The first kappa shape index (κ1) is 14.6. The predicted molar refractivity (Wildman–Crippen MR) is 67.0 cm³/mol. The maximum Gasteiger partial charge on any atom is 0.251 e. The van der Waals surface area contributed by atoms with E-state index in [0.717, 1.165) is 0 Å². The van der Waals surface area contributed by atoms with Crippen molar-refractivity contribution in [2.45, 2.75) is 0 Å². The average molecular weight is 311 g/mol. The van der Waals surface area contributed by atoms with Gasteiger partial charge in [0, 0.05) is 0 Å². The van der Waals surface area contributed by atoms with Gasteiger partial charge in [0.2, 0.25) is 0 Å². The van der Waals surface area contributed by atoms with Crippen LogP contribution in [0.5, 0.6) is 0 Å². The van der Waals surface area contributed by atoms with Crippen LogP contribution in [0.4, 0.5) is 0 Å². The van der Waals surface area contributed by atoms with Gasteiger partial charge in [-0.15, -0.1) is 0 Å². The molecule has 0 aromatic heterocycles. The number of hydrogen-bond donors (Lipinski definition) is 3. The van der Waals surface area contributed by atoms with Crippen molar-refractivity contribution in [3.63, 3.8) is 0 Å². The molecule has 0 heterocycles. The number of carbonyl (C=O) groups is 3. The molecule has 18 heavy (non-hydrogen) atoms. The number of amides is 3. The highest BCUT2D eigenvalue weighted by Crippen LogP contribution is 2.37. The highest BCUT2D eigenvalue weighted by Gasteiger charge is 2.28. The van der Waals surface area contributed by atoms with Crippen molar-refractivity contribution in [3.05, 3.63) is 31.8 Å². The molecule has 0 spiro atoms. The molecule has 0 saturated heterocycles. The van der Waals surface area contributed by atoms with Crippen LogP contribution in [-0.2, 0) is 0 Å². The number of hydrogen-bond acceptors (Lipinski definition) is 3. The predicted octanol–water partition coefficient (Wildman–Crippen LogP) is 0.944. The highest BCUT2D eigenvalue weighted by molar-refractivity contribution is 6.48. The van der Waals surface area contributed by atoms with Crippen LogP contribution in [0.25, 0.3) is 0 Å². The van der Waals surface area contributed by atoms with Crippen molar-refractivity contribution in [3.8, 4) is 0 Å². The Morgan fingerprint density at radius 1 is 0.611 bits per heavy atom. The maximum absolute atomic E-state index is 11.2. The lowest BCUT2D eigenvalue weighted by Crippen LogP contribution is -2.22. The Morgan fingerprint density at radius 2 is 0.778 bits per heavy atom. The van der Waals surface area contributed by atoms with E-state index in [1.165, 1.54) is 0 Å². The fraction of sp³-hybridized carbons (Fsp3) is 0. The zero-order chi connectivity index (χ0) is 14.2. The summed E-state index contributed by atoms with van der Waals surface area (Å²) in [7, 11) is 0. The monoisotopic (exact) mass is 309 g/mol. The Balaban J connectivity index is 3.94. The lowest BCUT2D eigenvalue weighted by Gasteiger charge is -2.13. The zero-order valence-corrected chi connectivity index (χ0v) is 10.9. The molecule has 0 radical (unpaired) electrons. The van der Waals surface area contributed by atoms with Gasteiger partial charge in [0.25, 0.3) is 17.7 Å². The first-order valence-electron chi connectivity index (χ1n) is 4.30. The SMILES string of the molecule is NC(=O)c1c(Cl)c(C(N)=O)c(Cl)c(C(N)=O)c1Cl. The van der Waals surface area contributed by atoms with Gasteiger partial charge in [-0.1, -0.05) is 34.8 Å². The molecule has 0 aliphatic rings. The summed E-state index contributed by atoms with van der Waals surface area (Å²) in [4.78, 5) is 33.6. The van der Waals surface area contributed by atoms with Gasteiger partial charge < -0.3 is 17.2 Å². The molecular weight excluding hydrogens is 304 g/mol. The third-order valence-electron chi connectivity index (χ3n) is 2.06. The van der Waals surface area contributed by atoms with E-state index < -0.39 is 49.5 Å². The smallest absolute Gasteiger partial charge is 0.251 e. The van der Waals surface area contributed by atoms with Crippen LogP contribution in [0.1, 0.15) is 31.1 Å². The minimum Gasteiger partial charge on any atom is -0.366 e. The number of benzene rings is 1. The first-order valence-corrected chi connectivity index (χ1v) is 5.43. The summed E-state index contributed by atoms with van der Waals surface area (Å²) >= 11 is 17.3. The number of rotatable bonds is 3. The fourth-order valence-corrected chi connectivity index (χ4v) is 2.58. The molecule has 0 atom stereocenters. The molecular formula is C9H6Cl3N3O3. The Bertz CT molecular complexity index is 484. The molecule has 0 bridgehead atoms. The van der Waals surface area contributed by atoms with E-state index in [9.17, 15) is 14.4 Å². The van der Waals surface area contributed by atoms with Crippen molar-refractivity contribution in [2.75, 3.05) is 0 Å². The third-order valence-corrected chi connectivity index (χ3v) is 3.19. The standard InChI is InChI=1S/C9H6Cl3N3O3/c10-4-1(7(13)16)5(11)3(9(15)18)6(12)2(4)8(14)17/h(H2,13,16)(H2,14,17)(H2,15,18). The van der Waals surface area contributed by atoms with Gasteiger partial charge in [0.05, 0.1) is 31.8 Å². The van der Waals surface area contributed by atoms with Gasteiger partial charge in [0.15, 0.2) is 0 Å². The van der Waals surface area contributed by atoms with Crippen LogP contribution in [0.15, 0.2) is 0 Å². The summed E-state index contributed by atoms with van der Waals surface area (Å²) in [5.74, 6) is -3.15. The molecule has 0 aliphatic heterocycles. The van der Waals surface area contributed by atoms with Crippen molar-refractivity contribution in [1.82, 2.24) is 0 Å².